The van der Waals surface area contributed by atoms with Crippen molar-refractivity contribution >= 4 is 22.4 Å². The first-order chi connectivity index (χ1) is 7.47. The number of nitrogens with one attached hydrogen (secondary N) is 1. The predicted octanol–water partition coefficient (Wildman–Crippen LogP) is 0.0767. The molecule has 7 heteroatoms. The van der Waals surface area contributed by atoms with E-state index in [0.717, 1.165) is 5.01 Å². The zero-order chi connectivity index (χ0) is 12.1. The molecule has 1 aromatic rings. The van der Waals surface area contributed by atoms with Crippen LogP contribution in [0.3, 0.4) is 0 Å². The number of amides is 1. The maximum Gasteiger partial charge on any atom is 0.234 e. The van der Waals surface area contributed by atoms with Crippen LogP contribution in [-0.2, 0) is 11.3 Å². The van der Waals surface area contributed by atoms with E-state index in [1.165, 1.54) is 11.3 Å². The second kappa shape index (κ2) is 5.76. The molecule has 1 amide bonds. The maximum atomic E-state index is 11.4. The summed E-state index contributed by atoms with van der Waals surface area (Å²) in [5, 5.41) is 11.7. The lowest BCUT2D eigenvalue weighted by Crippen LogP contribution is -2.38. The van der Waals surface area contributed by atoms with Crippen LogP contribution in [-0.4, -0.2) is 40.6 Å². The lowest BCUT2D eigenvalue weighted by Gasteiger charge is -2.15. The molecule has 1 heterocycles. The van der Waals surface area contributed by atoms with Crippen molar-refractivity contribution in [1.82, 2.24) is 20.4 Å². The van der Waals surface area contributed by atoms with Crippen LogP contribution < -0.4 is 11.1 Å². The fourth-order valence-electron chi connectivity index (χ4n) is 1.23. The topological polar surface area (TPSA) is 84.1 Å². The van der Waals surface area contributed by atoms with Gasteiger partial charge in [0.2, 0.25) is 11.0 Å². The molecule has 0 aliphatic carbocycles. The van der Waals surface area contributed by atoms with Crippen molar-refractivity contribution in [3.05, 3.63) is 5.01 Å². The summed E-state index contributed by atoms with van der Waals surface area (Å²) in [6.07, 6.45) is 0. The average Bonchev–Trinajstić information content (AvgIpc) is 2.48. The van der Waals surface area contributed by atoms with Crippen LogP contribution in [0, 0.1) is 0 Å². The highest BCUT2D eigenvalue weighted by Gasteiger charge is 2.10. The Kier molecular flexibility index (Phi) is 4.63. The van der Waals surface area contributed by atoms with Crippen molar-refractivity contribution in [3.8, 4) is 0 Å². The number of carbonyl (C=O) groups is 1. The van der Waals surface area contributed by atoms with Crippen LogP contribution >= 0.6 is 11.3 Å². The molecular formula is C9H17N5OS. The summed E-state index contributed by atoms with van der Waals surface area (Å²) in [5.74, 6) is 0.00925. The molecule has 0 unspecified atom stereocenters. The van der Waals surface area contributed by atoms with E-state index >= 15 is 0 Å². The van der Waals surface area contributed by atoms with Crippen LogP contribution in [0.2, 0.25) is 0 Å². The zero-order valence-corrected chi connectivity index (χ0v) is 10.5. The first-order valence-corrected chi connectivity index (χ1v) is 5.84. The highest BCUT2D eigenvalue weighted by Crippen LogP contribution is 2.12. The third-order valence-corrected chi connectivity index (χ3v) is 2.49. The Morgan fingerprint density at radius 2 is 2.25 bits per heavy atom. The monoisotopic (exact) mass is 243 g/mol. The fourth-order valence-corrected chi connectivity index (χ4v) is 1.92. The second-order valence-electron chi connectivity index (χ2n) is 3.93. The molecule has 3 N–H and O–H groups in total. The lowest BCUT2D eigenvalue weighted by molar-refractivity contribution is -0.122. The number of nitrogens with zero attached hydrogens (tertiary/aromatic N) is 3. The summed E-state index contributed by atoms with van der Waals surface area (Å²) in [7, 11) is 1.86. The van der Waals surface area contributed by atoms with E-state index in [4.69, 9.17) is 5.73 Å². The smallest absolute Gasteiger partial charge is 0.234 e. The Labute approximate surface area is 98.8 Å². The number of hydrogen-bond donors (Lipinski definition) is 2. The molecule has 0 aliphatic rings. The standard InChI is InChI=1S/C9H17N5OS/c1-6(2)11-7(15)4-14(3)5-8-12-13-9(10)16-8/h6H,4-5H2,1-3H3,(H2,10,13)(H,11,15). The number of nitrogen functional groups attached to an aromatic ring is 1. The molecule has 1 rings (SSSR count). The molecule has 0 aromatic carbocycles. The Morgan fingerprint density at radius 3 is 2.75 bits per heavy atom. The number of hydrogen-bond acceptors (Lipinski definition) is 6. The van der Waals surface area contributed by atoms with Gasteiger partial charge >= 0.3 is 0 Å². The number of likely N-dealkylation sites (N-methyl/N-ethyl adjacent to an activating group) is 1. The normalized spacial score (nSPS) is 11.1. The van der Waals surface area contributed by atoms with Gasteiger partial charge in [0.25, 0.3) is 0 Å². The van der Waals surface area contributed by atoms with Gasteiger partial charge in [0.05, 0.1) is 13.1 Å². The largest absolute Gasteiger partial charge is 0.374 e. The Bertz CT molecular complexity index is 351. The van der Waals surface area contributed by atoms with Crippen molar-refractivity contribution < 1.29 is 4.79 Å². The molecule has 90 valence electrons. The third-order valence-electron chi connectivity index (χ3n) is 1.75. The van der Waals surface area contributed by atoms with Crippen LogP contribution in [0.4, 0.5) is 5.13 Å². The number of aromatic nitrogens is 2. The van der Waals surface area contributed by atoms with Crippen molar-refractivity contribution in [2.75, 3.05) is 19.3 Å². The van der Waals surface area contributed by atoms with Gasteiger partial charge in [-0.1, -0.05) is 11.3 Å². The van der Waals surface area contributed by atoms with Crippen LogP contribution in [0.25, 0.3) is 0 Å². The summed E-state index contributed by atoms with van der Waals surface area (Å²) in [6, 6.07) is 0.165. The van der Waals surface area contributed by atoms with E-state index in [-0.39, 0.29) is 11.9 Å². The maximum absolute atomic E-state index is 11.4. The summed E-state index contributed by atoms with van der Waals surface area (Å²) >= 11 is 1.34. The molecule has 0 fully saturated rings. The van der Waals surface area contributed by atoms with Gasteiger partial charge in [-0.25, -0.2) is 0 Å². The molecule has 6 nitrogen and oxygen atoms in total. The summed E-state index contributed by atoms with van der Waals surface area (Å²) in [4.78, 5) is 13.3. The first kappa shape index (κ1) is 12.9. The summed E-state index contributed by atoms with van der Waals surface area (Å²) < 4.78 is 0. The molecular weight excluding hydrogens is 226 g/mol. The van der Waals surface area contributed by atoms with Gasteiger partial charge < -0.3 is 11.1 Å². The Balaban J connectivity index is 2.35. The van der Waals surface area contributed by atoms with Crippen molar-refractivity contribution in [2.24, 2.45) is 0 Å². The minimum atomic E-state index is 0.00925. The minimum absolute atomic E-state index is 0.00925. The molecule has 0 spiro atoms. The number of nitrogens with two attached hydrogens (primary N) is 1. The molecule has 0 radical (unpaired) electrons. The van der Waals surface area contributed by atoms with Gasteiger partial charge in [0, 0.05) is 6.04 Å². The summed E-state index contributed by atoms with van der Waals surface area (Å²) in [5.41, 5.74) is 5.47. The fraction of sp³-hybridized carbons (Fsp3) is 0.667. The van der Waals surface area contributed by atoms with Crippen molar-refractivity contribution in [2.45, 2.75) is 26.4 Å². The second-order valence-corrected chi connectivity index (χ2v) is 5.02. The first-order valence-electron chi connectivity index (χ1n) is 5.03. The van der Waals surface area contributed by atoms with Crippen LogP contribution in [0.15, 0.2) is 0 Å². The molecule has 0 aliphatic heterocycles. The number of rotatable bonds is 5. The van der Waals surface area contributed by atoms with Crippen molar-refractivity contribution in [1.29, 1.82) is 0 Å². The Hall–Kier alpha value is -1.21. The van der Waals surface area contributed by atoms with Gasteiger partial charge in [-0.2, -0.15) is 0 Å². The summed E-state index contributed by atoms with van der Waals surface area (Å²) in [6.45, 7) is 4.80. The van der Waals surface area contributed by atoms with Crippen molar-refractivity contribution in [3.63, 3.8) is 0 Å². The Morgan fingerprint density at radius 1 is 1.56 bits per heavy atom. The number of anilines is 1. The minimum Gasteiger partial charge on any atom is -0.374 e. The molecule has 1 aromatic heterocycles. The third kappa shape index (κ3) is 4.54. The van der Waals surface area contributed by atoms with Gasteiger partial charge in [0.1, 0.15) is 5.01 Å². The average molecular weight is 243 g/mol. The van der Waals surface area contributed by atoms with Gasteiger partial charge in [-0.15, -0.1) is 10.2 Å². The van der Waals surface area contributed by atoms with E-state index in [9.17, 15) is 4.79 Å². The van der Waals surface area contributed by atoms with Gasteiger partial charge in [-0.05, 0) is 20.9 Å². The molecule has 0 saturated heterocycles. The van der Waals surface area contributed by atoms with Crippen LogP contribution in [0.1, 0.15) is 18.9 Å². The molecule has 0 bridgehead atoms. The van der Waals surface area contributed by atoms with Gasteiger partial charge in [-0.3, -0.25) is 9.69 Å². The van der Waals surface area contributed by atoms with E-state index in [1.54, 1.807) is 0 Å². The van der Waals surface area contributed by atoms with E-state index in [2.05, 4.69) is 15.5 Å². The van der Waals surface area contributed by atoms with E-state index in [0.29, 0.717) is 18.2 Å². The molecule has 0 atom stereocenters. The predicted molar refractivity (Wildman–Crippen MR) is 63.9 cm³/mol. The van der Waals surface area contributed by atoms with E-state index in [1.807, 2.05) is 25.8 Å². The zero-order valence-electron chi connectivity index (χ0n) is 9.73. The molecule has 16 heavy (non-hydrogen) atoms. The highest BCUT2D eigenvalue weighted by atomic mass is 32.1. The van der Waals surface area contributed by atoms with E-state index < -0.39 is 0 Å². The quantitative estimate of drug-likeness (QED) is 0.765. The highest BCUT2D eigenvalue weighted by molar-refractivity contribution is 7.15. The van der Waals surface area contributed by atoms with Gasteiger partial charge in [0.15, 0.2) is 0 Å². The van der Waals surface area contributed by atoms with Crippen LogP contribution in [0.5, 0.6) is 0 Å². The lowest BCUT2D eigenvalue weighted by atomic mass is 10.4. The number of carbonyl (C=O) groups excluding carboxylic acids is 1. The SMILES string of the molecule is CC(C)NC(=O)CN(C)Cc1nnc(N)s1. The molecule has 0 saturated carbocycles.